The highest BCUT2D eigenvalue weighted by Gasteiger charge is 2.57. The molecule has 24 nitrogen and oxygen atoms in total. The molecule has 54 heavy (non-hydrogen) atoms. The van der Waals surface area contributed by atoms with Gasteiger partial charge in [-0.05, 0) is 13.8 Å². The average Bonchev–Trinajstić information content (AvgIpc) is 3.15. The van der Waals surface area contributed by atoms with Gasteiger partial charge in [0.2, 0.25) is 0 Å². The molecule has 0 amide bonds. The summed E-state index contributed by atoms with van der Waals surface area (Å²) in [5, 5.41) is 157. The van der Waals surface area contributed by atoms with Crippen LogP contribution in [0.1, 0.15) is 13.8 Å². The maximum Gasteiger partial charge on any atom is 0.187 e. The third kappa shape index (κ3) is 8.72. The van der Waals surface area contributed by atoms with Gasteiger partial charge in [0.15, 0.2) is 31.5 Å². The van der Waals surface area contributed by atoms with E-state index in [4.69, 9.17) is 42.6 Å². The van der Waals surface area contributed by atoms with Gasteiger partial charge < -0.3 is 119 Å². The summed E-state index contributed by atoms with van der Waals surface area (Å²) >= 11 is 0. The summed E-state index contributed by atoms with van der Waals surface area (Å²) in [5.41, 5.74) is 0. The minimum atomic E-state index is -2.10. The highest BCUT2D eigenvalue weighted by molar-refractivity contribution is 4.99. The first kappa shape index (κ1) is 44.1. The SMILES string of the molecule is C[C@@H]1O[C@@H](O[C@H]2[C@H](O[C@@H]3[C@@H](O)[C@H](O)O[C@H](CO)[C@H]3O[C@@H]3O[C@@H](C)[C@@H](O)[C@@H](O)[C@@H]3O)O[C@H](CO)[C@H](O)[C@@H]2O[C@H]2O[C@H](CO)[C@H](O)[C@H](O)[C@H]2O)[C@@H](O)[C@H](O)[C@@H]1O. The van der Waals surface area contributed by atoms with Gasteiger partial charge in [0.25, 0.3) is 0 Å². The Kier molecular flexibility index (Phi) is 15.0. The van der Waals surface area contributed by atoms with Crippen LogP contribution in [0.3, 0.4) is 0 Å². The molecule has 316 valence electrons. The molecule has 5 rings (SSSR count). The van der Waals surface area contributed by atoms with E-state index < -0.39 is 173 Å². The van der Waals surface area contributed by atoms with Crippen LogP contribution >= 0.6 is 0 Å². The second-order valence-corrected chi connectivity index (χ2v) is 13.9. The van der Waals surface area contributed by atoms with E-state index in [0.717, 1.165) is 0 Å². The van der Waals surface area contributed by atoms with Crippen molar-refractivity contribution in [2.45, 2.75) is 167 Å². The fourth-order valence-electron chi connectivity index (χ4n) is 6.88. The van der Waals surface area contributed by atoms with Gasteiger partial charge in [0, 0.05) is 0 Å². The maximum absolute atomic E-state index is 11.4. The van der Waals surface area contributed by atoms with Gasteiger partial charge in [0.1, 0.15) is 110 Å². The Morgan fingerprint density at radius 2 is 0.704 bits per heavy atom. The molecule has 0 bridgehead atoms. The van der Waals surface area contributed by atoms with Gasteiger partial charge in [-0.1, -0.05) is 0 Å². The predicted octanol–water partition coefficient (Wildman–Crippen LogP) is -9.87. The molecule has 0 aromatic heterocycles. The van der Waals surface area contributed by atoms with Crippen molar-refractivity contribution in [2.75, 3.05) is 19.8 Å². The Hall–Kier alpha value is -0.960. The highest BCUT2D eigenvalue weighted by atomic mass is 16.8. The number of hydrogen-bond donors (Lipinski definition) is 15. The van der Waals surface area contributed by atoms with Gasteiger partial charge in [0.05, 0.1) is 32.0 Å². The van der Waals surface area contributed by atoms with Crippen LogP contribution < -0.4 is 0 Å². The lowest BCUT2D eigenvalue weighted by atomic mass is 9.95. The Morgan fingerprint density at radius 3 is 1.20 bits per heavy atom. The lowest BCUT2D eigenvalue weighted by Crippen LogP contribution is -2.69. The van der Waals surface area contributed by atoms with Crippen molar-refractivity contribution < 1.29 is 119 Å². The molecule has 5 aliphatic heterocycles. The van der Waals surface area contributed by atoms with Gasteiger partial charge in [-0.2, -0.15) is 0 Å². The average molecular weight is 797 g/mol. The number of hydrogen-bond acceptors (Lipinski definition) is 24. The zero-order valence-electron chi connectivity index (χ0n) is 28.9. The van der Waals surface area contributed by atoms with Crippen molar-refractivity contribution in [3.63, 3.8) is 0 Å². The molecule has 0 spiro atoms. The predicted molar refractivity (Wildman–Crippen MR) is 164 cm³/mol. The summed E-state index contributed by atoms with van der Waals surface area (Å²) in [6.45, 7) is -0.126. The zero-order valence-corrected chi connectivity index (χ0v) is 28.9. The van der Waals surface area contributed by atoms with Crippen LogP contribution in [0.4, 0.5) is 0 Å². The van der Waals surface area contributed by atoms with Crippen LogP contribution in [-0.4, -0.2) is 250 Å². The monoisotopic (exact) mass is 796 g/mol. The summed E-state index contributed by atoms with van der Waals surface area (Å²) in [7, 11) is 0. The summed E-state index contributed by atoms with van der Waals surface area (Å²) in [4.78, 5) is 0. The van der Waals surface area contributed by atoms with Gasteiger partial charge >= 0.3 is 0 Å². The number of aliphatic hydroxyl groups is 15. The summed E-state index contributed by atoms with van der Waals surface area (Å²) in [5.74, 6) is 0. The van der Waals surface area contributed by atoms with Gasteiger partial charge in [-0.3, -0.25) is 0 Å². The Labute approximate surface area is 306 Å². The third-order valence-electron chi connectivity index (χ3n) is 10.2. The molecule has 0 radical (unpaired) electrons. The van der Waals surface area contributed by atoms with E-state index in [9.17, 15) is 76.6 Å². The largest absolute Gasteiger partial charge is 0.394 e. The van der Waals surface area contributed by atoms with Crippen LogP contribution in [0.15, 0.2) is 0 Å². The van der Waals surface area contributed by atoms with E-state index in [0.29, 0.717) is 0 Å². The second kappa shape index (κ2) is 18.3. The topological polar surface area (TPSA) is 387 Å². The normalized spacial score (nSPS) is 54.7. The molecule has 0 aliphatic carbocycles. The van der Waals surface area contributed by atoms with E-state index >= 15 is 0 Å². The summed E-state index contributed by atoms with van der Waals surface area (Å²) in [6.07, 6.45) is -45.1. The van der Waals surface area contributed by atoms with Gasteiger partial charge in [-0.15, -0.1) is 0 Å². The molecular formula is C30H52O24. The second-order valence-electron chi connectivity index (χ2n) is 13.9. The van der Waals surface area contributed by atoms with Crippen molar-refractivity contribution in [3.05, 3.63) is 0 Å². The van der Waals surface area contributed by atoms with Crippen molar-refractivity contribution in [2.24, 2.45) is 0 Å². The zero-order chi connectivity index (χ0) is 39.9. The van der Waals surface area contributed by atoms with E-state index in [1.54, 1.807) is 0 Å². The van der Waals surface area contributed by atoms with Crippen molar-refractivity contribution in [3.8, 4) is 0 Å². The molecule has 25 atom stereocenters. The van der Waals surface area contributed by atoms with E-state index in [1.807, 2.05) is 0 Å². The number of rotatable bonds is 11. The van der Waals surface area contributed by atoms with E-state index in [2.05, 4.69) is 0 Å². The first-order valence-electron chi connectivity index (χ1n) is 17.3. The smallest absolute Gasteiger partial charge is 0.187 e. The van der Waals surface area contributed by atoms with Crippen LogP contribution in [-0.2, 0) is 42.6 Å². The van der Waals surface area contributed by atoms with Crippen LogP contribution in [0.25, 0.3) is 0 Å². The van der Waals surface area contributed by atoms with Crippen molar-refractivity contribution in [1.29, 1.82) is 0 Å². The fourth-order valence-corrected chi connectivity index (χ4v) is 6.88. The standard InChI is InChI=1S/C30H52O24/c1-6-11(34)15(38)18(41)27(46-6)51-22-10(5-33)48-26(45)21(44)24(22)53-30-25(54-28-19(42)16(39)12(35)7(2)47-28)23(14(37)9(4-32)50-30)52-29-20(43)17(40)13(36)8(3-31)49-29/h6-45H,3-5H2,1-2H3/t6-,7-,8+,9+,10+,11+,12+,13-,14-,15+,16+,17-,18-,19-,20+,21+,22+,23-,24+,25+,26+,27-,28-,29+,30-/m0/s1. The van der Waals surface area contributed by atoms with E-state index in [1.165, 1.54) is 13.8 Å². The minimum absolute atomic E-state index is 0.877. The summed E-state index contributed by atoms with van der Waals surface area (Å²) in [6, 6.07) is 0. The molecule has 0 aromatic rings. The Bertz CT molecular complexity index is 1170. The molecule has 15 N–H and O–H groups in total. The molecule has 0 saturated carbocycles. The third-order valence-corrected chi connectivity index (χ3v) is 10.2. The van der Waals surface area contributed by atoms with Crippen LogP contribution in [0.5, 0.6) is 0 Å². The maximum atomic E-state index is 11.4. The van der Waals surface area contributed by atoms with Crippen LogP contribution in [0, 0.1) is 0 Å². The molecule has 5 aliphatic rings. The fraction of sp³-hybridized carbons (Fsp3) is 1.00. The first-order chi connectivity index (χ1) is 25.4. The van der Waals surface area contributed by atoms with Crippen molar-refractivity contribution in [1.82, 2.24) is 0 Å². The first-order valence-corrected chi connectivity index (χ1v) is 17.3. The molecule has 24 heteroatoms. The Morgan fingerprint density at radius 1 is 0.333 bits per heavy atom. The summed E-state index contributed by atoms with van der Waals surface area (Å²) < 4.78 is 51.2. The van der Waals surface area contributed by atoms with Crippen LogP contribution in [0.2, 0.25) is 0 Å². The van der Waals surface area contributed by atoms with Gasteiger partial charge in [-0.25, -0.2) is 0 Å². The minimum Gasteiger partial charge on any atom is -0.394 e. The molecular weight excluding hydrogens is 744 g/mol. The number of aliphatic hydroxyl groups excluding tert-OH is 15. The Balaban J connectivity index is 1.51. The highest BCUT2D eigenvalue weighted by Crippen LogP contribution is 2.37. The lowest BCUT2D eigenvalue weighted by molar-refractivity contribution is -0.411. The molecule has 0 aromatic carbocycles. The van der Waals surface area contributed by atoms with Crippen molar-refractivity contribution >= 4 is 0 Å². The number of ether oxygens (including phenoxy) is 9. The molecule has 5 fully saturated rings. The molecule has 5 saturated heterocycles. The molecule has 0 unspecified atom stereocenters. The van der Waals surface area contributed by atoms with E-state index in [-0.39, 0.29) is 0 Å². The molecule has 5 heterocycles. The lowest BCUT2D eigenvalue weighted by Gasteiger charge is -2.51. The quantitative estimate of drug-likeness (QED) is 0.0923.